The van der Waals surface area contributed by atoms with Crippen LogP contribution >= 0.6 is 11.8 Å². The van der Waals surface area contributed by atoms with Crippen LogP contribution in [0.25, 0.3) is 0 Å². The Morgan fingerprint density at radius 3 is 2.38 bits per heavy atom. The predicted octanol–water partition coefficient (Wildman–Crippen LogP) is 3.46. The van der Waals surface area contributed by atoms with E-state index >= 15 is 0 Å². The molecule has 0 aliphatic carbocycles. The SMILES string of the molecule is CCCCCC(O)CSCCCC. The van der Waals surface area contributed by atoms with Crippen LogP contribution in [0.3, 0.4) is 0 Å². The third kappa shape index (κ3) is 10.2. The fraction of sp³-hybridized carbons (Fsp3) is 1.00. The normalized spacial score (nSPS) is 13.2. The monoisotopic (exact) mass is 204 g/mol. The minimum absolute atomic E-state index is 0.0617. The van der Waals surface area contributed by atoms with E-state index in [1.165, 1.54) is 37.9 Å². The lowest BCUT2D eigenvalue weighted by Crippen LogP contribution is -2.09. The maximum absolute atomic E-state index is 9.55. The molecule has 0 aromatic rings. The summed E-state index contributed by atoms with van der Waals surface area (Å²) < 4.78 is 0. The van der Waals surface area contributed by atoms with Gasteiger partial charge in [-0.15, -0.1) is 0 Å². The molecule has 0 amide bonds. The number of hydrogen-bond donors (Lipinski definition) is 1. The molecule has 1 unspecified atom stereocenters. The summed E-state index contributed by atoms with van der Waals surface area (Å²) in [6.07, 6.45) is 7.17. The quantitative estimate of drug-likeness (QED) is 0.580. The molecule has 0 aliphatic rings. The van der Waals surface area contributed by atoms with Gasteiger partial charge in [0.25, 0.3) is 0 Å². The van der Waals surface area contributed by atoms with E-state index in [1.807, 2.05) is 11.8 Å². The first-order chi connectivity index (χ1) is 6.31. The Hall–Kier alpha value is 0.310. The molecule has 1 nitrogen and oxygen atoms in total. The minimum Gasteiger partial charge on any atom is -0.392 e. The topological polar surface area (TPSA) is 20.2 Å². The van der Waals surface area contributed by atoms with Gasteiger partial charge in [0, 0.05) is 5.75 Å². The summed E-state index contributed by atoms with van der Waals surface area (Å²) in [6.45, 7) is 4.40. The van der Waals surface area contributed by atoms with Crippen molar-refractivity contribution in [2.75, 3.05) is 11.5 Å². The third-order valence-electron chi connectivity index (χ3n) is 2.09. The molecule has 2 heteroatoms. The standard InChI is InChI=1S/C11H24OS/c1-3-5-7-8-11(12)10-13-9-6-4-2/h11-12H,3-10H2,1-2H3. The van der Waals surface area contributed by atoms with E-state index in [9.17, 15) is 5.11 Å². The van der Waals surface area contributed by atoms with E-state index in [0.717, 1.165) is 12.2 Å². The first-order valence-corrected chi connectivity index (χ1v) is 6.72. The Morgan fingerprint density at radius 1 is 1.08 bits per heavy atom. The largest absolute Gasteiger partial charge is 0.392 e. The van der Waals surface area contributed by atoms with E-state index in [0.29, 0.717) is 0 Å². The molecule has 0 aromatic heterocycles. The summed E-state index contributed by atoms with van der Waals surface area (Å²) in [5, 5.41) is 9.55. The lowest BCUT2D eigenvalue weighted by molar-refractivity contribution is 0.185. The Balaban J connectivity index is 3.05. The number of rotatable bonds is 9. The molecule has 0 saturated carbocycles. The van der Waals surface area contributed by atoms with Crippen LogP contribution in [-0.2, 0) is 0 Å². The van der Waals surface area contributed by atoms with Crippen molar-refractivity contribution in [1.29, 1.82) is 0 Å². The molecule has 0 spiro atoms. The van der Waals surface area contributed by atoms with Gasteiger partial charge in [0.1, 0.15) is 0 Å². The highest BCUT2D eigenvalue weighted by atomic mass is 32.2. The Kier molecular flexibility index (Phi) is 10.6. The molecular weight excluding hydrogens is 180 g/mol. The van der Waals surface area contributed by atoms with Crippen molar-refractivity contribution in [3.8, 4) is 0 Å². The summed E-state index contributed by atoms with van der Waals surface area (Å²) in [4.78, 5) is 0. The lowest BCUT2D eigenvalue weighted by atomic mass is 10.1. The van der Waals surface area contributed by atoms with Crippen LogP contribution in [0.5, 0.6) is 0 Å². The van der Waals surface area contributed by atoms with Gasteiger partial charge in [-0.25, -0.2) is 0 Å². The number of hydrogen-bond acceptors (Lipinski definition) is 2. The predicted molar refractivity (Wildman–Crippen MR) is 62.4 cm³/mol. The maximum Gasteiger partial charge on any atom is 0.0630 e. The molecule has 13 heavy (non-hydrogen) atoms. The number of aliphatic hydroxyl groups is 1. The van der Waals surface area contributed by atoms with Crippen LogP contribution in [0.2, 0.25) is 0 Å². The Morgan fingerprint density at radius 2 is 1.77 bits per heavy atom. The molecule has 0 radical (unpaired) electrons. The van der Waals surface area contributed by atoms with Gasteiger partial charge >= 0.3 is 0 Å². The fourth-order valence-electron chi connectivity index (χ4n) is 1.18. The van der Waals surface area contributed by atoms with Gasteiger partial charge in [0.15, 0.2) is 0 Å². The first kappa shape index (κ1) is 13.3. The number of unbranched alkanes of at least 4 members (excludes halogenated alkanes) is 3. The zero-order chi connectivity index (χ0) is 9.94. The van der Waals surface area contributed by atoms with Crippen molar-refractivity contribution in [2.24, 2.45) is 0 Å². The summed E-state index contributed by atoms with van der Waals surface area (Å²) in [5.41, 5.74) is 0. The second kappa shape index (κ2) is 10.4. The molecule has 0 rings (SSSR count). The van der Waals surface area contributed by atoms with Gasteiger partial charge in [-0.2, -0.15) is 11.8 Å². The van der Waals surface area contributed by atoms with Crippen LogP contribution in [0.1, 0.15) is 52.4 Å². The zero-order valence-electron chi connectivity index (χ0n) is 9.09. The van der Waals surface area contributed by atoms with Gasteiger partial charge in [0.05, 0.1) is 6.10 Å². The van der Waals surface area contributed by atoms with Crippen molar-refractivity contribution in [3.05, 3.63) is 0 Å². The third-order valence-corrected chi connectivity index (χ3v) is 3.29. The molecule has 0 saturated heterocycles. The highest BCUT2D eigenvalue weighted by Crippen LogP contribution is 2.11. The molecule has 1 N–H and O–H groups in total. The van der Waals surface area contributed by atoms with Crippen LogP contribution < -0.4 is 0 Å². The zero-order valence-corrected chi connectivity index (χ0v) is 9.91. The van der Waals surface area contributed by atoms with E-state index in [2.05, 4.69) is 13.8 Å². The van der Waals surface area contributed by atoms with Gasteiger partial charge in [0.2, 0.25) is 0 Å². The fourth-order valence-corrected chi connectivity index (χ4v) is 2.28. The number of aliphatic hydroxyl groups excluding tert-OH is 1. The summed E-state index contributed by atoms with van der Waals surface area (Å²) >= 11 is 1.89. The smallest absolute Gasteiger partial charge is 0.0630 e. The first-order valence-electron chi connectivity index (χ1n) is 5.57. The van der Waals surface area contributed by atoms with Crippen molar-refractivity contribution in [2.45, 2.75) is 58.5 Å². The van der Waals surface area contributed by atoms with E-state index in [1.54, 1.807) is 0 Å². The van der Waals surface area contributed by atoms with Gasteiger partial charge < -0.3 is 5.11 Å². The molecule has 0 fully saturated rings. The highest BCUT2D eigenvalue weighted by molar-refractivity contribution is 7.99. The minimum atomic E-state index is -0.0617. The summed E-state index contributed by atoms with van der Waals surface area (Å²) in [6, 6.07) is 0. The van der Waals surface area contributed by atoms with Crippen LogP contribution in [0.4, 0.5) is 0 Å². The Bertz CT molecular complexity index is 96.1. The van der Waals surface area contributed by atoms with Crippen molar-refractivity contribution >= 4 is 11.8 Å². The van der Waals surface area contributed by atoms with E-state index < -0.39 is 0 Å². The second-order valence-electron chi connectivity index (χ2n) is 3.58. The van der Waals surface area contributed by atoms with E-state index in [4.69, 9.17) is 0 Å². The highest BCUT2D eigenvalue weighted by Gasteiger charge is 2.02. The summed E-state index contributed by atoms with van der Waals surface area (Å²) in [5.74, 6) is 2.14. The van der Waals surface area contributed by atoms with Crippen molar-refractivity contribution in [3.63, 3.8) is 0 Å². The molecule has 0 heterocycles. The molecule has 80 valence electrons. The van der Waals surface area contributed by atoms with Crippen LogP contribution in [0.15, 0.2) is 0 Å². The van der Waals surface area contributed by atoms with Gasteiger partial charge in [-0.1, -0.05) is 39.5 Å². The maximum atomic E-state index is 9.55. The van der Waals surface area contributed by atoms with Gasteiger partial charge in [-0.05, 0) is 18.6 Å². The molecule has 0 bridgehead atoms. The van der Waals surface area contributed by atoms with E-state index in [-0.39, 0.29) is 6.10 Å². The van der Waals surface area contributed by atoms with Crippen molar-refractivity contribution < 1.29 is 5.11 Å². The average molecular weight is 204 g/mol. The molecule has 0 aromatic carbocycles. The van der Waals surface area contributed by atoms with Crippen molar-refractivity contribution in [1.82, 2.24) is 0 Å². The summed E-state index contributed by atoms with van der Waals surface area (Å²) in [7, 11) is 0. The molecular formula is C11H24OS. The molecule has 0 aliphatic heterocycles. The lowest BCUT2D eigenvalue weighted by Gasteiger charge is -2.09. The van der Waals surface area contributed by atoms with Crippen LogP contribution in [-0.4, -0.2) is 22.7 Å². The second-order valence-corrected chi connectivity index (χ2v) is 4.73. The van der Waals surface area contributed by atoms with Crippen LogP contribution in [0, 0.1) is 0 Å². The average Bonchev–Trinajstić information content (AvgIpc) is 2.13. The van der Waals surface area contributed by atoms with Gasteiger partial charge in [-0.3, -0.25) is 0 Å². The Labute approximate surface area is 87.3 Å². The molecule has 1 atom stereocenters. The number of thioether (sulfide) groups is 1.